The van der Waals surface area contributed by atoms with Crippen molar-refractivity contribution in [3.63, 3.8) is 0 Å². The molecule has 0 fully saturated rings. The molecule has 0 spiro atoms. The number of carboxylic acids is 1. The summed E-state index contributed by atoms with van der Waals surface area (Å²) in [6, 6.07) is 13.4. The van der Waals surface area contributed by atoms with Gasteiger partial charge in [-0.25, -0.2) is 9.97 Å². The fourth-order valence-electron chi connectivity index (χ4n) is 4.56. The molecule has 0 radical (unpaired) electrons. The number of hydrogen-bond acceptors (Lipinski definition) is 8. The highest BCUT2D eigenvalue weighted by molar-refractivity contribution is 5.72. The maximum atomic E-state index is 11.2. The summed E-state index contributed by atoms with van der Waals surface area (Å²) < 4.78 is 17.3. The molecule has 9 nitrogen and oxygen atoms in total. The normalized spacial score (nSPS) is 16.2. The Balaban J connectivity index is 1.49. The van der Waals surface area contributed by atoms with Crippen LogP contribution in [0.3, 0.4) is 0 Å². The summed E-state index contributed by atoms with van der Waals surface area (Å²) >= 11 is 0. The van der Waals surface area contributed by atoms with Gasteiger partial charge in [0.15, 0.2) is 0 Å². The lowest BCUT2D eigenvalue weighted by atomic mass is 9.96. The summed E-state index contributed by atoms with van der Waals surface area (Å²) in [5.74, 6) is -0.0563. The van der Waals surface area contributed by atoms with Gasteiger partial charge >= 0.3 is 5.97 Å². The van der Waals surface area contributed by atoms with E-state index in [1.54, 1.807) is 24.4 Å². The molecule has 1 aliphatic rings. The topological polar surface area (TPSA) is 131 Å². The van der Waals surface area contributed by atoms with E-state index in [0.29, 0.717) is 23.9 Å². The van der Waals surface area contributed by atoms with Crippen LogP contribution in [0.2, 0.25) is 0 Å². The van der Waals surface area contributed by atoms with Gasteiger partial charge in [0.2, 0.25) is 11.8 Å². The molecule has 3 atom stereocenters. The second-order valence-electron chi connectivity index (χ2n) is 8.92. The number of benzene rings is 1. The van der Waals surface area contributed by atoms with Gasteiger partial charge in [-0.3, -0.25) is 4.79 Å². The van der Waals surface area contributed by atoms with Gasteiger partial charge in [-0.05, 0) is 61.1 Å². The minimum absolute atomic E-state index is 0.0249. The van der Waals surface area contributed by atoms with Crippen LogP contribution >= 0.6 is 0 Å². The van der Waals surface area contributed by atoms with Crippen LogP contribution in [0.25, 0.3) is 11.1 Å². The Morgan fingerprint density at radius 1 is 1.14 bits per heavy atom. The predicted molar refractivity (Wildman–Crippen MR) is 136 cm³/mol. The number of aliphatic carboxylic acids is 1. The lowest BCUT2D eigenvalue weighted by molar-refractivity contribution is -0.140. The summed E-state index contributed by atoms with van der Waals surface area (Å²) in [4.78, 5) is 20.1. The molecule has 196 valence electrons. The first-order chi connectivity index (χ1) is 17.9. The van der Waals surface area contributed by atoms with Gasteiger partial charge in [0.05, 0.1) is 19.1 Å². The van der Waals surface area contributed by atoms with Crippen molar-refractivity contribution < 1.29 is 34.3 Å². The Kier molecular flexibility index (Phi) is 8.70. The fourth-order valence-corrected chi connectivity index (χ4v) is 4.56. The van der Waals surface area contributed by atoms with Gasteiger partial charge < -0.3 is 29.5 Å². The summed E-state index contributed by atoms with van der Waals surface area (Å²) in [5.41, 5.74) is 5.90. The smallest absolute Gasteiger partial charge is 0.306 e. The second kappa shape index (κ2) is 12.1. The molecule has 2 aromatic heterocycles. The maximum absolute atomic E-state index is 11.2. The Bertz CT molecular complexity index is 1220. The summed E-state index contributed by atoms with van der Waals surface area (Å²) in [6.07, 6.45) is 1.50. The Hall–Kier alpha value is -3.53. The van der Waals surface area contributed by atoms with E-state index in [9.17, 15) is 9.90 Å². The number of hydrogen-bond donors (Lipinski definition) is 3. The molecular formula is C28H32N2O7. The number of nitrogens with zero attached hydrogens (tertiary/aromatic N) is 2. The van der Waals surface area contributed by atoms with Crippen molar-refractivity contribution in [3.05, 3.63) is 71.0 Å². The number of carbonyl (C=O) groups is 1. The van der Waals surface area contributed by atoms with Crippen LogP contribution < -0.4 is 9.47 Å². The number of aliphatic hydroxyl groups is 2. The average molecular weight is 509 g/mol. The molecule has 0 bridgehead atoms. The fraction of sp³-hybridized carbons (Fsp3) is 0.393. The van der Waals surface area contributed by atoms with Crippen molar-refractivity contribution in [1.82, 2.24) is 9.97 Å². The van der Waals surface area contributed by atoms with Gasteiger partial charge in [-0.2, -0.15) is 0 Å². The third-order valence-electron chi connectivity index (χ3n) is 6.32. The SMILES string of the molecule is CCO[C@@H](CC(=O)O)c1ccc(O[C@@H]2CCc3c(-c4ccc(OC[C@H](O)CO)nc4C)cccc32)nc1. The molecule has 3 aromatic rings. The van der Waals surface area contributed by atoms with Crippen LogP contribution in [-0.2, 0) is 16.0 Å². The van der Waals surface area contributed by atoms with E-state index in [1.165, 1.54) is 5.56 Å². The second-order valence-corrected chi connectivity index (χ2v) is 8.92. The number of fused-ring (bicyclic) bond motifs is 1. The van der Waals surface area contributed by atoms with Crippen LogP contribution in [0.5, 0.6) is 11.8 Å². The molecule has 3 N–H and O–H groups in total. The quantitative estimate of drug-likeness (QED) is 0.334. The predicted octanol–water partition coefficient (Wildman–Crippen LogP) is 3.80. The highest BCUT2D eigenvalue weighted by atomic mass is 16.5. The number of aliphatic hydroxyl groups excluding tert-OH is 2. The minimum Gasteiger partial charge on any atom is -0.481 e. The minimum atomic E-state index is -0.947. The number of carboxylic acid groups (broad SMARTS) is 1. The highest BCUT2D eigenvalue weighted by Crippen LogP contribution is 2.40. The lowest BCUT2D eigenvalue weighted by Crippen LogP contribution is -2.21. The molecule has 0 saturated carbocycles. The number of aryl methyl sites for hydroxylation is 1. The molecule has 9 heteroatoms. The number of aromatic nitrogens is 2. The monoisotopic (exact) mass is 508 g/mol. The molecular weight excluding hydrogens is 476 g/mol. The number of rotatable bonds is 12. The zero-order valence-corrected chi connectivity index (χ0v) is 21.0. The van der Waals surface area contributed by atoms with Crippen LogP contribution in [0.4, 0.5) is 0 Å². The Morgan fingerprint density at radius 2 is 1.95 bits per heavy atom. The summed E-state index contributed by atoms with van der Waals surface area (Å²) in [6.45, 7) is 3.76. The van der Waals surface area contributed by atoms with Crippen LogP contribution in [0.15, 0.2) is 48.7 Å². The highest BCUT2D eigenvalue weighted by Gasteiger charge is 2.27. The third kappa shape index (κ3) is 6.43. The Morgan fingerprint density at radius 3 is 2.62 bits per heavy atom. The molecule has 0 amide bonds. The van der Waals surface area contributed by atoms with Gasteiger partial charge in [0.25, 0.3) is 0 Å². The molecule has 0 unspecified atom stereocenters. The number of ether oxygens (including phenoxy) is 3. The van der Waals surface area contributed by atoms with E-state index in [2.05, 4.69) is 22.1 Å². The molecule has 4 rings (SSSR count). The molecule has 0 aliphatic heterocycles. The Labute approximate surface area is 215 Å². The lowest BCUT2D eigenvalue weighted by Gasteiger charge is -2.18. The van der Waals surface area contributed by atoms with E-state index < -0.39 is 18.2 Å². The molecule has 0 saturated heterocycles. The zero-order chi connectivity index (χ0) is 26.4. The summed E-state index contributed by atoms with van der Waals surface area (Å²) in [5, 5.41) is 27.6. The molecule has 1 aromatic carbocycles. The van der Waals surface area contributed by atoms with Crippen molar-refractivity contribution in [2.75, 3.05) is 19.8 Å². The van der Waals surface area contributed by atoms with Crippen LogP contribution in [0.1, 0.15) is 54.4 Å². The van der Waals surface area contributed by atoms with Crippen molar-refractivity contribution in [2.45, 2.75) is 51.4 Å². The van der Waals surface area contributed by atoms with Crippen molar-refractivity contribution >= 4 is 5.97 Å². The van der Waals surface area contributed by atoms with Crippen LogP contribution in [0, 0.1) is 6.92 Å². The first kappa shape index (κ1) is 26.5. The van der Waals surface area contributed by atoms with E-state index in [4.69, 9.17) is 24.4 Å². The van der Waals surface area contributed by atoms with E-state index >= 15 is 0 Å². The largest absolute Gasteiger partial charge is 0.481 e. The molecule has 37 heavy (non-hydrogen) atoms. The maximum Gasteiger partial charge on any atom is 0.306 e. The van der Waals surface area contributed by atoms with Gasteiger partial charge in [0.1, 0.15) is 18.8 Å². The molecule has 1 aliphatic carbocycles. The summed E-state index contributed by atoms with van der Waals surface area (Å²) in [7, 11) is 0. The standard InChI is InChI=1S/C28H32N2O7/c1-3-35-25(13-28(33)34)18-7-11-26(29-14-18)37-24-10-8-22-21(5-4-6-23(22)24)20-9-12-27(30-17(20)2)36-16-19(32)15-31/h4-7,9,11-12,14,19,24-25,31-32H,3,8,10,13,15-16H2,1-2H3,(H,33,34)/t19-,24-,25+/m1/s1. The average Bonchev–Trinajstić information content (AvgIpc) is 3.30. The van der Waals surface area contributed by atoms with E-state index in [0.717, 1.165) is 35.2 Å². The zero-order valence-electron chi connectivity index (χ0n) is 21.0. The molecule has 2 heterocycles. The van der Waals surface area contributed by atoms with E-state index in [1.807, 2.05) is 26.0 Å². The van der Waals surface area contributed by atoms with Crippen molar-refractivity contribution in [1.29, 1.82) is 0 Å². The van der Waals surface area contributed by atoms with Crippen molar-refractivity contribution in [2.24, 2.45) is 0 Å². The number of pyridine rings is 2. The van der Waals surface area contributed by atoms with Crippen LogP contribution in [-0.4, -0.2) is 57.2 Å². The first-order valence-electron chi connectivity index (χ1n) is 12.4. The third-order valence-corrected chi connectivity index (χ3v) is 6.32. The van der Waals surface area contributed by atoms with Gasteiger partial charge in [-0.15, -0.1) is 0 Å². The van der Waals surface area contributed by atoms with Crippen molar-refractivity contribution in [3.8, 4) is 22.9 Å². The van der Waals surface area contributed by atoms with Gasteiger partial charge in [0, 0.05) is 36.2 Å². The first-order valence-corrected chi connectivity index (χ1v) is 12.4. The van der Waals surface area contributed by atoms with Gasteiger partial charge in [-0.1, -0.05) is 18.2 Å². The van der Waals surface area contributed by atoms with E-state index in [-0.39, 0.29) is 25.7 Å².